The predicted octanol–water partition coefficient (Wildman–Crippen LogP) is 5.85. The second kappa shape index (κ2) is 10.7. The molecule has 178 valence electrons. The number of rotatable bonds is 9. The van der Waals surface area contributed by atoms with Gasteiger partial charge in [-0.2, -0.15) is 0 Å². The largest absolute Gasteiger partial charge is 0.447 e. The molecular weight excluding hydrogens is 430 g/mol. The molecule has 0 aliphatic carbocycles. The molecule has 0 N–H and O–H groups in total. The lowest BCUT2D eigenvalue weighted by Crippen LogP contribution is -2.45. The van der Waals surface area contributed by atoms with Crippen molar-refractivity contribution < 1.29 is 18.8 Å². The van der Waals surface area contributed by atoms with Crippen LogP contribution in [0.5, 0.6) is 0 Å². The number of carbonyl (C=O) groups is 2. The van der Waals surface area contributed by atoms with Crippen LogP contribution in [-0.2, 0) is 26.8 Å². The molecule has 33 heavy (non-hydrogen) atoms. The van der Waals surface area contributed by atoms with E-state index >= 15 is 0 Å². The van der Waals surface area contributed by atoms with E-state index in [0.717, 1.165) is 11.1 Å². The van der Waals surface area contributed by atoms with Gasteiger partial charge >= 0.3 is 6.09 Å². The van der Waals surface area contributed by atoms with E-state index in [0.29, 0.717) is 25.9 Å². The van der Waals surface area contributed by atoms with E-state index in [4.69, 9.17) is 9.16 Å². The molecule has 5 nitrogen and oxygen atoms in total. The Morgan fingerprint density at radius 3 is 2.21 bits per heavy atom. The highest BCUT2D eigenvalue weighted by Crippen LogP contribution is 2.37. The van der Waals surface area contributed by atoms with Crippen LogP contribution in [0.4, 0.5) is 4.79 Å². The topological polar surface area (TPSA) is 55.8 Å². The molecule has 0 spiro atoms. The quantitative estimate of drug-likeness (QED) is 0.434. The first-order valence-electron chi connectivity index (χ1n) is 11.8. The second-order valence-electron chi connectivity index (χ2n) is 10.4. The van der Waals surface area contributed by atoms with E-state index in [9.17, 15) is 9.59 Å². The Bertz CT molecular complexity index is 924. The number of cyclic esters (lactones) is 1. The van der Waals surface area contributed by atoms with Gasteiger partial charge < -0.3 is 9.16 Å². The Kier molecular flexibility index (Phi) is 8.13. The third kappa shape index (κ3) is 6.55. The Balaban J connectivity index is 1.76. The number of imide groups is 1. The number of nitrogens with zero attached hydrogens (tertiary/aromatic N) is 1. The van der Waals surface area contributed by atoms with Crippen LogP contribution in [0.3, 0.4) is 0 Å². The maximum Gasteiger partial charge on any atom is 0.416 e. The molecule has 0 radical (unpaired) electrons. The summed E-state index contributed by atoms with van der Waals surface area (Å²) >= 11 is 0. The summed E-state index contributed by atoms with van der Waals surface area (Å²) in [5, 5.41) is 0.103. The minimum Gasteiger partial charge on any atom is -0.447 e. The third-order valence-corrected chi connectivity index (χ3v) is 11.5. The van der Waals surface area contributed by atoms with E-state index < -0.39 is 14.4 Å². The van der Waals surface area contributed by atoms with Gasteiger partial charge in [0, 0.05) is 12.5 Å². The van der Waals surface area contributed by atoms with Crippen molar-refractivity contribution in [2.45, 2.75) is 64.2 Å². The molecule has 1 heterocycles. The molecule has 1 aliphatic rings. The average molecular weight is 468 g/mol. The molecule has 1 aliphatic heterocycles. The summed E-state index contributed by atoms with van der Waals surface area (Å²) in [6.45, 7) is 11.8. The van der Waals surface area contributed by atoms with Crippen molar-refractivity contribution in [3.05, 3.63) is 71.8 Å². The minimum atomic E-state index is -1.92. The van der Waals surface area contributed by atoms with Crippen LogP contribution in [-0.4, -0.2) is 44.5 Å². The van der Waals surface area contributed by atoms with Crippen LogP contribution < -0.4 is 0 Å². The van der Waals surface area contributed by atoms with Crippen LogP contribution in [0.2, 0.25) is 18.1 Å². The Labute approximate surface area is 199 Å². The highest BCUT2D eigenvalue weighted by atomic mass is 28.4. The molecule has 0 bridgehead atoms. The lowest BCUT2D eigenvalue weighted by molar-refractivity contribution is -0.133. The Morgan fingerprint density at radius 1 is 1.06 bits per heavy atom. The summed E-state index contributed by atoms with van der Waals surface area (Å²) < 4.78 is 11.7. The van der Waals surface area contributed by atoms with Crippen LogP contribution in [0.1, 0.15) is 38.3 Å². The first-order valence-corrected chi connectivity index (χ1v) is 14.7. The highest BCUT2D eigenvalue weighted by molar-refractivity contribution is 6.74. The van der Waals surface area contributed by atoms with Crippen molar-refractivity contribution in [1.82, 2.24) is 4.90 Å². The molecule has 6 heteroatoms. The summed E-state index contributed by atoms with van der Waals surface area (Å²) in [7, 11) is -1.92. The van der Waals surface area contributed by atoms with Crippen molar-refractivity contribution >= 4 is 20.3 Å². The number of amides is 2. The third-order valence-electron chi connectivity index (χ3n) is 6.92. The summed E-state index contributed by atoms with van der Waals surface area (Å²) in [5.41, 5.74) is 2.16. The van der Waals surface area contributed by atoms with E-state index in [2.05, 4.69) is 33.9 Å². The van der Waals surface area contributed by atoms with Crippen LogP contribution >= 0.6 is 0 Å². The van der Waals surface area contributed by atoms with Crippen molar-refractivity contribution in [2.75, 3.05) is 13.2 Å². The van der Waals surface area contributed by atoms with Crippen molar-refractivity contribution in [3.63, 3.8) is 0 Å². The van der Waals surface area contributed by atoms with E-state index in [-0.39, 0.29) is 29.5 Å². The maximum atomic E-state index is 13.7. The van der Waals surface area contributed by atoms with Crippen molar-refractivity contribution in [3.8, 4) is 0 Å². The molecule has 2 aromatic carbocycles. The fourth-order valence-corrected chi connectivity index (χ4v) is 4.91. The standard InChI is InChI=1S/C27H37NO4Si/c1-27(2,3)33(4,5)32-17-16-23(18-21-12-8-6-9-13-21)25(29)28-24(20-31-26(28)30)19-22-14-10-7-11-15-22/h6-15,23-24H,16-20H2,1-5H3/t23-,24+/m1/s1. The molecule has 0 saturated carbocycles. The molecule has 0 aromatic heterocycles. The fraction of sp³-hybridized carbons (Fsp3) is 0.481. The maximum absolute atomic E-state index is 13.7. The lowest BCUT2D eigenvalue weighted by Gasteiger charge is -2.36. The van der Waals surface area contributed by atoms with Gasteiger partial charge in [-0.15, -0.1) is 0 Å². The van der Waals surface area contributed by atoms with Gasteiger partial charge in [-0.05, 0) is 48.5 Å². The van der Waals surface area contributed by atoms with E-state index in [1.54, 1.807) is 0 Å². The second-order valence-corrected chi connectivity index (χ2v) is 15.2. The molecule has 1 saturated heterocycles. The van der Waals surface area contributed by atoms with Gasteiger partial charge in [0.05, 0.1) is 6.04 Å². The van der Waals surface area contributed by atoms with Gasteiger partial charge in [0.15, 0.2) is 8.32 Å². The monoisotopic (exact) mass is 467 g/mol. The number of ether oxygens (including phenoxy) is 1. The molecule has 3 rings (SSSR count). The van der Waals surface area contributed by atoms with Crippen LogP contribution in [0.15, 0.2) is 60.7 Å². The molecule has 2 amide bonds. The zero-order chi connectivity index (χ0) is 24.1. The molecule has 1 fully saturated rings. The van der Waals surface area contributed by atoms with E-state index in [1.807, 2.05) is 60.7 Å². The number of benzene rings is 2. The van der Waals surface area contributed by atoms with Crippen LogP contribution in [0.25, 0.3) is 0 Å². The van der Waals surface area contributed by atoms with Gasteiger partial charge in [0.2, 0.25) is 5.91 Å². The molecular formula is C27H37NO4Si. The predicted molar refractivity (Wildman–Crippen MR) is 134 cm³/mol. The first kappa shape index (κ1) is 25.2. The van der Waals surface area contributed by atoms with Gasteiger partial charge in [-0.1, -0.05) is 81.4 Å². The molecule has 2 aromatic rings. The van der Waals surface area contributed by atoms with E-state index in [1.165, 1.54) is 4.90 Å². The van der Waals surface area contributed by atoms with Gasteiger partial charge in [0.25, 0.3) is 0 Å². The zero-order valence-corrected chi connectivity index (χ0v) is 21.5. The number of carbonyl (C=O) groups excluding carboxylic acids is 2. The SMILES string of the molecule is CC(C)(C)[Si](C)(C)OCC[C@H](Cc1ccccc1)C(=O)N1C(=O)OC[C@@H]1Cc1ccccc1. The molecule has 0 unspecified atom stereocenters. The lowest BCUT2D eigenvalue weighted by atomic mass is 9.94. The summed E-state index contributed by atoms with van der Waals surface area (Å²) in [5.74, 6) is -0.512. The van der Waals surface area contributed by atoms with Crippen LogP contribution in [0, 0.1) is 5.92 Å². The zero-order valence-electron chi connectivity index (χ0n) is 20.5. The average Bonchev–Trinajstić information content (AvgIpc) is 3.13. The fourth-order valence-electron chi connectivity index (χ4n) is 3.85. The highest BCUT2D eigenvalue weighted by Gasteiger charge is 2.41. The first-order chi connectivity index (χ1) is 15.6. The van der Waals surface area contributed by atoms with Gasteiger partial charge in [-0.25, -0.2) is 9.69 Å². The summed E-state index contributed by atoms with van der Waals surface area (Å²) in [6, 6.07) is 19.6. The molecule has 2 atom stereocenters. The van der Waals surface area contributed by atoms with Crippen molar-refractivity contribution in [2.24, 2.45) is 5.92 Å². The number of hydrogen-bond donors (Lipinski definition) is 0. The van der Waals surface area contributed by atoms with Gasteiger partial charge in [0.1, 0.15) is 6.61 Å². The Hall–Kier alpha value is -2.44. The minimum absolute atomic E-state index is 0.103. The smallest absolute Gasteiger partial charge is 0.416 e. The Morgan fingerprint density at radius 2 is 1.64 bits per heavy atom. The normalized spacial score (nSPS) is 17.7. The summed E-state index contributed by atoms with van der Waals surface area (Å²) in [6.07, 6.45) is 1.20. The summed E-state index contributed by atoms with van der Waals surface area (Å²) in [4.78, 5) is 27.6. The van der Waals surface area contributed by atoms with Crippen molar-refractivity contribution in [1.29, 1.82) is 0 Å². The number of hydrogen-bond acceptors (Lipinski definition) is 4. The van der Waals surface area contributed by atoms with Gasteiger partial charge in [-0.3, -0.25) is 4.79 Å².